The first-order valence-electron chi connectivity index (χ1n) is 7.93. The third-order valence-electron chi connectivity index (χ3n) is 3.52. The summed E-state index contributed by atoms with van der Waals surface area (Å²) in [5.74, 6) is 0.758. The van der Waals surface area contributed by atoms with Crippen LogP contribution in [0.5, 0.6) is 11.6 Å². The Morgan fingerprint density at radius 1 is 0.893 bits per heavy atom. The van der Waals surface area contributed by atoms with E-state index in [1.165, 1.54) is 24.3 Å². The number of hydrogen-bond donors (Lipinski definition) is 1. The first-order chi connectivity index (χ1) is 13.5. The van der Waals surface area contributed by atoms with E-state index in [9.17, 15) is 20.2 Å². The number of aromatic nitrogens is 1. The highest BCUT2D eigenvalue weighted by atomic mass is 16.6. The Morgan fingerprint density at radius 3 is 2.11 bits per heavy atom. The molecule has 0 saturated carbocycles. The molecule has 0 unspecified atom stereocenters. The van der Waals surface area contributed by atoms with Gasteiger partial charge >= 0.3 is 0 Å². The summed E-state index contributed by atoms with van der Waals surface area (Å²) in [6, 6.07) is 15.6. The highest BCUT2D eigenvalue weighted by Gasteiger charge is 2.06. The molecule has 1 N–H and O–H groups in total. The van der Waals surface area contributed by atoms with Crippen LogP contribution in [0.25, 0.3) is 0 Å². The average molecular weight is 379 g/mol. The number of nitro benzene ring substituents is 1. The van der Waals surface area contributed by atoms with Crippen LogP contribution >= 0.6 is 0 Å². The van der Waals surface area contributed by atoms with E-state index in [1.807, 2.05) is 0 Å². The number of nitrogens with one attached hydrogen (secondary N) is 1. The van der Waals surface area contributed by atoms with Gasteiger partial charge in [0.05, 0.1) is 21.7 Å². The molecule has 3 aromatic rings. The van der Waals surface area contributed by atoms with Crippen LogP contribution in [0, 0.1) is 20.2 Å². The first-order valence-corrected chi connectivity index (χ1v) is 7.93. The molecular formula is C18H13N5O5. The topological polar surface area (TPSA) is 133 Å². The molecule has 1 aromatic heterocycles. The molecule has 140 valence electrons. The molecule has 10 nitrogen and oxygen atoms in total. The highest BCUT2D eigenvalue weighted by Crippen LogP contribution is 2.21. The van der Waals surface area contributed by atoms with Crippen LogP contribution in [0.1, 0.15) is 5.56 Å². The van der Waals surface area contributed by atoms with Gasteiger partial charge in [0.2, 0.25) is 5.88 Å². The number of rotatable bonds is 7. The minimum absolute atomic E-state index is 0.00706. The van der Waals surface area contributed by atoms with Gasteiger partial charge in [-0.3, -0.25) is 25.7 Å². The minimum Gasteiger partial charge on any atom is -0.439 e. The SMILES string of the molecule is O=[N+]([O-])c1ccc(N/N=C\c2ccc(Oc3ccc([N+](=O)[O-])cn3)cc2)cc1. The minimum atomic E-state index is -0.532. The molecule has 0 aliphatic carbocycles. The lowest BCUT2D eigenvalue weighted by Gasteiger charge is -2.04. The van der Waals surface area contributed by atoms with Crippen molar-refractivity contribution in [2.45, 2.75) is 0 Å². The van der Waals surface area contributed by atoms with Crippen molar-refractivity contribution in [1.82, 2.24) is 4.98 Å². The second-order valence-corrected chi connectivity index (χ2v) is 5.46. The van der Waals surface area contributed by atoms with Crippen LogP contribution in [0.3, 0.4) is 0 Å². The number of ether oxygens (including phenoxy) is 1. The molecule has 28 heavy (non-hydrogen) atoms. The molecule has 0 fully saturated rings. The Hall–Kier alpha value is -4.34. The predicted molar refractivity (Wildman–Crippen MR) is 102 cm³/mol. The van der Waals surface area contributed by atoms with Crippen molar-refractivity contribution in [3.63, 3.8) is 0 Å². The van der Waals surface area contributed by atoms with E-state index >= 15 is 0 Å². The van der Waals surface area contributed by atoms with Gasteiger partial charge < -0.3 is 4.74 Å². The van der Waals surface area contributed by atoms with Crippen molar-refractivity contribution in [3.8, 4) is 11.6 Å². The average Bonchev–Trinajstić information content (AvgIpc) is 2.70. The molecule has 2 aromatic carbocycles. The van der Waals surface area contributed by atoms with E-state index in [2.05, 4.69) is 15.5 Å². The van der Waals surface area contributed by atoms with Crippen LogP contribution < -0.4 is 10.2 Å². The van der Waals surface area contributed by atoms with Crippen LogP contribution in [-0.2, 0) is 0 Å². The lowest BCUT2D eigenvalue weighted by Crippen LogP contribution is -1.93. The molecular weight excluding hydrogens is 366 g/mol. The van der Waals surface area contributed by atoms with Crippen molar-refractivity contribution < 1.29 is 14.6 Å². The fourth-order valence-electron chi connectivity index (χ4n) is 2.12. The Bertz CT molecular complexity index is 1000. The molecule has 0 atom stereocenters. The van der Waals surface area contributed by atoms with Gasteiger partial charge in [-0.05, 0) is 42.0 Å². The lowest BCUT2D eigenvalue weighted by molar-refractivity contribution is -0.385. The van der Waals surface area contributed by atoms with E-state index in [1.54, 1.807) is 42.6 Å². The molecule has 0 aliphatic rings. The fourth-order valence-corrected chi connectivity index (χ4v) is 2.12. The zero-order valence-corrected chi connectivity index (χ0v) is 14.3. The number of hydrogen-bond acceptors (Lipinski definition) is 8. The summed E-state index contributed by atoms with van der Waals surface area (Å²) < 4.78 is 5.52. The first kappa shape index (κ1) is 18.5. The lowest BCUT2D eigenvalue weighted by atomic mass is 10.2. The van der Waals surface area contributed by atoms with Crippen LogP contribution in [0.2, 0.25) is 0 Å². The van der Waals surface area contributed by atoms with Crippen LogP contribution in [0.4, 0.5) is 17.1 Å². The largest absolute Gasteiger partial charge is 0.439 e. The zero-order chi connectivity index (χ0) is 19.9. The van der Waals surface area contributed by atoms with E-state index in [4.69, 9.17) is 4.74 Å². The quantitative estimate of drug-likeness (QED) is 0.370. The van der Waals surface area contributed by atoms with Crippen molar-refractivity contribution in [1.29, 1.82) is 0 Å². The number of anilines is 1. The van der Waals surface area contributed by atoms with Crippen molar-refractivity contribution in [3.05, 3.63) is 92.7 Å². The number of hydrazone groups is 1. The Kier molecular flexibility index (Phi) is 5.51. The van der Waals surface area contributed by atoms with E-state index in [-0.39, 0.29) is 17.3 Å². The standard InChI is InChI=1S/C18H13N5O5/c24-22(25)15-5-3-14(4-6-15)21-20-11-13-1-8-17(9-2-13)28-18-10-7-16(12-19-18)23(26)27/h1-12,21H/b20-11-. The summed E-state index contributed by atoms with van der Waals surface area (Å²) in [5, 5.41) is 25.3. The molecule has 1 heterocycles. The summed E-state index contributed by atoms with van der Waals surface area (Å²) in [6.45, 7) is 0. The summed E-state index contributed by atoms with van der Waals surface area (Å²) in [6.07, 6.45) is 2.70. The second-order valence-electron chi connectivity index (χ2n) is 5.46. The Balaban J connectivity index is 1.57. The third kappa shape index (κ3) is 4.85. The zero-order valence-electron chi connectivity index (χ0n) is 14.3. The highest BCUT2D eigenvalue weighted by molar-refractivity contribution is 5.80. The van der Waals surface area contributed by atoms with Gasteiger partial charge in [-0.25, -0.2) is 4.98 Å². The maximum Gasteiger partial charge on any atom is 0.287 e. The van der Waals surface area contributed by atoms with Gasteiger partial charge in [-0.2, -0.15) is 5.10 Å². The van der Waals surface area contributed by atoms with Crippen LogP contribution in [-0.4, -0.2) is 21.0 Å². The Labute approximate surface area is 158 Å². The van der Waals surface area contributed by atoms with Gasteiger partial charge in [-0.15, -0.1) is 0 Å². The van der Waals surface area contributed by atoms with Crippen molar-refractivity contribution in [2.75, 3.05) is 5.43 Å². The molecule has 0 saturated heterocycles. The molecule has 10 heteroatoms. The molecule has 0 radical (unpaired) electrons. The fraction of sp³-hybridized carbons (Fsp3) is 0. The van der Waals surface area contributed by atoms with E-state index in [0.717, 1.165) is 11.8 Å². The third-order valence-corrected chi connectivity index (χ3v) is 3.52. The van der Waals surface area contributed by atoms with Gasteiger partial charge in [0.1, 0.15) is 11.9 Å². The van der Waals surface area contributed by atoms with Crippen molar-refractivity contribution in [2.24, 2.45) is 5.10 Å². The molecule has 0 aliphatic heterocycles. The maximum atomic E-state index is 10.6. The van der Waals surface area contributed by atoms with Gasteiger partial charge in [-0.1, -0.05) is 0 Å². The van der Waals surface area contributed by atoms with Gasteiger partial charge in [0.25, 0.3) is 11.4 Å². The number of pyridine rings is 1. The summed E-state index contributed by atoms with van der Waals surface area (Å²) in [7, 11) is 0. The van der Waals surface area contributed by atoms with Crippen LogP contribution in [0.15, 0.2) is 72.0 Å². The number of nitro groups is 2. The number of non-ortho nitro benzene ring substituents is 1. The molecule has 0 bridgehead atoms. The summed E-state index contributed by atoms with van der Waals surface area (Å²) in [5.41, 5.74) is 4.08. The smallest absolute Gasteiger partial charge is 0.287 e. The Morgan fingerprint density at radius 2 is 1.54 bits per heavy atom. The summed E-state index contributed by atoms with van der Waals surface area (Å²) in [4.78, 5) is 24.1. The number of benzene rings is 2. The normalized spacial score (nSPS) is 10.6. The molecule has 0 amide bonds. The van der Waals surface area contributed by atoms with Gasteiger partial charge in [0.15, 0.2) is 0 Å². The van der Waals surface area contributed by atoms with Crippen molar-refractivity contribution >= 4 is 23.3 Å². The van der Waals surface area contributed by atoms with E-state index in [0.29, 0.717) is 11.4 Å². The summed E-state index contributed by atoms with van der Waals surface area (Å²) >= 11 is 0. The van der Waals surface area contributed by atoms with E-state index < -0.39 is 9.85 Å². The predicted octanol–water partition coefficient (Wildman–Crippen LogP) is 4.14. The monoisotopic (exact) mass is 379 g/mol. The molecule has 0 spiro atoms. The second kappa shape index (κ2) is 8.36. The number of nitrogens with zero attached hydrogens (tertiary/aromatic N) is 4. The maximum absolute atomic E-state index is 10.6. The van der Waals surface area contributed by atoms with Gasteiger partial charge in [0, 0.05) is 24.3 Å². The molecule has 3 rings (SSSR count).